The van der Waals surface area contributed by atoms with Crippen molar-refractivity contribution in [1.29, 1.82) is 0 Å². The summed E-state index contributed by atoms with van der Waals surface area (Å²) < 4.78 is 11.0. The van der Waals surface area contributed by atoms with Gasteiger partial charge in [-0.3, -0.25) is 4.40 Å². The van der Waals surface area contributed by atoms with Gasteiger partial charge >= 0.3 is 0 Å². The van der Waals surface area contributed by atoms with Gasteiger partial charge in [-0.05, 0) is 59.7 Å². The second-order valence-electron chi connectivity index (χ2n) is 12.0. The number of rotatable bonds is 4. The Balaban J connectivity index is 1.10. The molecule has 10 aromatic rings. The van der Waals surface area contributed by atoms with Crippen molar-refractivity contribution in [2.45, 2.75) is 0 Å². The molecule has 4 nitrogen and oxygen atoms in total. The molecule has 4 heterocycles. The monoisotopic (exact) mass is 601 g/mol. The predicted molar refractivity (Wildman–Crippen MR) is 193 cm³/mol. The number of benzene rings is 6. The van der Waals surface area contributed by atoms with Crippen molar-refractivity contribution in [3.8, 4) is 39.3 Å². The van der Waals surface area contributed by atoms with Crippen molar-refractivity contribution in [1.82, 2.24) is 14.0 Å². The first-order chi connectivity index (χ1) is 23.3. The van der Waals surface area contributed by atoms with E-state index in [2.05, 4.69) is 161 Å². The van der Waals surface area contributed by atoms with Gasteiger partial charge in [0.25, 0.3) is 0 Å². The van der Waals surface area contributed by atoms with Crippen LogP contribution in [0.5, 0.6) is 0 Å². The van der Waals surface area contributed by atoms with Crippen molar-refractivity contribution in [2.24, 2.45) is 0 Å². The van der Waals surface area contributed by atoms with Gasteiger partial charge in [0, 0.05) is 50.6 Å². The molecule has 0 aliphatic heterocycles. The van der Waals surface area contributed by atoms with Crippen LogP contribution in [0.25, 0.3) is 88.7 Å². The maximum Gasteiger partial charge on any atom is 0.137 e. The molecule has 0 bridgehead atoms. The fraction of sp³-hybridized carbons (Fsp3) is 0. The third kappa shape index (κ3) is 3.98. The summed E-state index contributed by atoms with van der Waals surface area (Å²) in [6, 6.07) is 55.6. The highest BCUT2D eigenvalue weighted by atomic mass is 16.3. The van der Waals surface area contributed by atoms with E-state index in [1.165, 1.54) is 16.3 Å². The molecule has 0 saturated heterocycles. The summed E-state index contributed by atoms with van der Waals surface area (Å²) in [5.74, 6) is 0. The summed E-state index contributed by atoms with van der Waals surface area (Å²) in [5, 5.41) is 4.69. The SMILES string of the molecule is c1ccc(-c2c(-c3ccc(-c4ccc5oc6cc7c(cc6c5c4)c4ccccc4n7-c4ccccc4)cc3)nc3ccccn23)cc1. The zero-order chi connectivity index (χ0) is 30.9. The molecule has 4 aromatic heterocycles. The fourth-order valence-electron chi connectivity index (χ4n) is 7.16. The number of hydrogen-bond donors (Lipinski definition) is 0. The minimum absolute atomic E-state index is 0.889. The van der Waals surface area contributed by atoms with Crippen molar-refractivity contribution >= 4 is 49.4 Å². The molecule has 0 amide bonds. The van der Waals surface area contributed by atoms with Gasteiger partial charge < -0.3 is 8.98 Å². The largest absolute Gasteiger partial charge is 0.456 e. The maximum atomic E-state index is 6.48. The van der Waals surface area contributed by atoms with Gasteiger partial charge in [0.2, 0.25) is 0 Å². The standard InChI is InChI=1S/C43H27N3O/c1-3-11-30(12-4-1)43-42(44-41-17-9-10-24-45(41)43)29-20-18-28(19-21-29)31-22-23-39-35(25-31)36-26-34-33-15-7-8-16-37(33)46(32-13-5-2-6-14-32)38(34)27-40(36)47-39/h1-27H. The Morgan fingerprint density at radius 1 is 0.447 bits per heavy atom. The smallest absolute Gasteiger partial charge is 0.137 e. The summed E-state index contributed by atoms with van der Waals surface area (Å²) in [7, 11) is 0. The minimum atomic E-state index is 0.889. The number of nitrogens with zero attached hydrogens (tertiary/aromatic N) is 3. The van der Waals surface area contributed by atoms with Crippen molar-refractivity contribution < 1.29 is 4.42 Å². The first-order valence-electron chi connectivity index (χ1n) is 15.9. The lowest BCUT2D eigenvalue weighted by Crippen LogP contribution is -1.92. The number of pyridine rings is 1. The van der Waals surface area contributed by atoms with Gasteiger partial charge in [-0.2, -0.15) is 0 Å². The summed E-state index contributed by atoms with van der Waals surface area (Å²) in [5.41, 5.74) is 12.8. The number of hydrogen-bond acceptors (Lipinski definition) is 2. The van der Waals surface area contributed by atoms with Crippen LogP contribution in [0.4, 0.5) is 0 Å². The lowest BCUT2D eigenvalue weighted by atomic mass is 9.99. The molecule has 0 fully saturated rings. The lowest BCUT2D eigenvalue weighted by molar-refractivity contribution is 0.669. The molecule has 0 aliphatic carbocycles. The van der Waals surface area contributed by atoms with Crippen LogP contribution < -0.4 is 0 Å². The number of para-hydroxylation sites is 2. The topological polar surface area (TPSA) is 35.4 Å². The Labute approximate surface area is 270 Å². The van der Waals surface area contributed by atoms with Gasteiger partial charge in [0.1, 0.15) is 16.8 Å². The highest BCUT2D eigenvalue weighted by Gasteiger charge is 2.18. The molecule has 0 N–H and O–H groups in total. The average molecular weight is 602 g/mol. The molecule has 6 aromatic carbocycles. The van der Waals surface area contributed by atoms with Crippen molar-refractivity contribution in [3.05, 3.63) is 164 Å². The highest BCUT2D eigenvalue weighted by molar-refractivity contribution is 6.17. The first kappa shape index (κ1) is 25.9. The van der Waals surface area contributed by atoms with E-state index in [0.717, 1.165) is 72.4 Å². The number of imidazole rings is 1. The van der Waals surface area contributed by atoms with Crippen LogP contribution in [0.3, 0.4) is 0 Å². The fourth-order valence-corrected chi connectivity index (χ4v) is 7.16. The quantitative estimate of drug-likeness (QED) is 0.201. The van der Waals surface area contributed by atoms with E-state index in [-0.39, 0.29) is 0 Å². The molecular formula is C43H27N3O. The molecule has 220 valence electrons. The Bertz CT molecular complexity index is 2770. The molecule has 0 aliphatic rings. The highest BCUT2D eigenvalue weighted by Crippen LogP contribution is 2.40. The first-order valence-corrected chi connectivity index (χ1v) is 15.9. The molecule has 0 saturated carbocycles. The van der Waals surface area contributed by atoms with E-state index < -0.39 is 0 Å². The molecular weight excluding hydrogens is 574 g/mol. The van der Waals surface area contributed by atoms with Crippen LogP contribution in [0, 0.1) is 0 Å². The maximum absolute atomic E-state index is 6.48. The van der Waals surface area contributed by atoms with Crippen LogP contribution in [0.1, 0.15) is 0 Å². The summed E-state index contributed by atoms with van der Waals surface area (Å²) in [4.78, 5) is 5.05. The Hall–Kier alpha value is -6.39. The third-order valence-electron chi connectivity index (χ3n) is 9.35. The molecule has 0 unspecified atom stereocenters. The molecule has 0 spiro atoms. The lowest BCUT2D eigenvalue weighted by Gasteiger charge is -2.07. The van der Waals surface area contributed by atoms with Crippen LogP contribution >= 0.6 is 0 Å². The second kappa shape index (κ2) is 10.1. The van der Waals surface area contributed by atoms with E-state index in [4.69, 9.17) is 9.40 Å². The predicted octanol–water partition coefficient (Wildman–Crippen LogP) is 11.3. The normalized spacial score (nSPS) is 11.8. The van der Waals surface area contributed by atoms with Gasteiger partial charge in [-0.25, -0.2) is 4.98 Å². The van der Waals surface area contributed by atoms with Crippen LogP contribution in [-0.2, 0) is 0 Å². The second-order valence-corrected chi connectivity index (χ2v) is 12.0. The van der Waals surface area contributed by atoms with Gasteiger partial charge in [0.15, 0.2) is 0 Å². The van der Waals surface area contributed by atoms with E-state index in [1.54, 1.807) is 0 Å². The van der Waals surface area contributed by atoms with Crippen LogP contribution in [0.15, 0.2) is 168 Å². The van der Waals surface area contributed by atoms with Gasteiger partial charge in [-0.1, -0.05) is 103 Å². The Morgan fingerprint density at radius 3 is 2.00 bits per heavy atom. The Kier molecular flexibility index (Phi) is 5.54. The van der Waals surface area contributed by atoms with Gasteiger partial charge in [-0.15, -0.1) is 0 Å². The molecule has 0 atom stereocenters. The third-order valence-corrected chi connectivity index (χ3v) is 9.35. The van der Waals surface area contributed by atoms with E-state index in [1.807, 2.05) is 12.1 Å². The summed E-state index contributed by atoms with van der Waals surface area (Å²) in [6.45, 7) is 0. The number of furan rings is 1. The summed E-state index contributed by atoms with van der Waals surface area (Å²) >= 11 is 0. The van der Waals surface area contributed by atoms with Crippen LogP contribution in [0.2, 0.25) is 0 Å². The van der Waals surface area contributed by atoms with Gasteiger partial charge in [0.05, 0.1) is 22.4 Å². The number of aromatic nitrogens is 3. The zero-order valence-electron chi connectivity index (χ0n) is 25.3. The molecule has 10 rings (SSSR count). The number of fused-ring (bicyclic) bond motifs is 7. The average Bonchev–Trinajstić information content (AvgIpc) is 3.80. The van der Waals surface area contributed by atoms with E-state index in [9.17, 15) is 0 Å². The van der Waals surface area contributed by atoms with Crippen molar-refractivity contribution in [3.63, 3.8) is 0 Å². The van der Waals surface area contributed by atoms with Crippen molar-refractivity contribution in [2.75, 3.05) is 0 Å². The molecule has 47 heavy (non-hydrogen) atoms. The van der Waals surface area contributed by atoms with E-state index >= 15 is 0 Å². The molecule has 0 radical (unpaired) electrons. The van der Waals surface area contributed by atoms with E-state index in [0.29, 0.717) is 0 Å². The minimum Gasteiger partial charge on any atom is -0.456 e. The Morgan fingerprint density at radius 2 is 1.15 bits per heavy atom. The molecule has 4 heteroatoms. The summed E-state index contributed by atoms with van der Waals surface area (Å²) in [6.07, 6.45) is 2.08. The van der Waals surface area contributed by atoms with Crippen LogP contribution in [-0.4, -0.2) is 14.0 Å². The zero-order valence-corrected chi connectivity index (χ0v) is 25.3.